The highest BCUT2D eigenvalue weighted by atomic mass is 16.6. The summed E-state index contributed by atoms with van der Waals surface area (Å²) in [7, 11) is 1.71. The topological polar surface area (TPSA) is 72.2 Å². The number of ether oxygens (including phenoxy) is 1. The maximum atomic E-state index is 13.5. The fourth-order valence-electron chi connectivity index (χ4n) is 5.16. The number of carbonyl (C=O) groups is 1. The lowest BCUT2D eigenvalue weighted by Gasteiger charge is -2.25. The number of anilines is 1. The molecule has 2 aliphatic rings. The van der Waals surface area contributed by atoms with Gasteiger partial charge in [-0.2, -0.15) is 0 Å². The number of fused-ring (bicyclic) bond motifs is 2. The van der Waals surface area contributed by atoms with Gasteiger partial charge in [0.05, 0.1) is 23.3 Å². The molecule has 1 saturated heterocycles. The fraction of sp³-hybridized carbons (Fsp3) is 0.464. The van der Waals surface area contributed by atoms with Crippen molar-refractivity contribution in [2.75, 3.05) is 44.9 Å². The lowest BCUT2D eigenvalue weighted by atomic mass is 10.1. The molecule has 8 nitrogen and oxygen atoms in total. The number of aryl methyl sites for hydroxylation is 1. The van der Waals surface area contributed by atoms with Crippen molar-refractivity contribution in [3.8, 4) is 0 Å². The SMILES string of the molecule is COCCCn1c(CN2C(=O)/C(=N/OCCCN3CCCCC3)c3ccccc32)nc2ccccc21. The van der Waals surface area contributed by atoms with E-state index in [2.05, 4.69) is 20.7 Å². The van der Waals surface area contributed by atoms with Gasteiger partial charge in [0.25, 0.3) is 5.91 Å². The molecule has 0 unspecified atom stereocenters. The Balaban J connectivity index is 1.31. The Morgan fingerprint density at radius 3 is 2.58 bits per heavy atom. The second-order valence-electron chi connectivity index (χ2n) is 9.45. The van der Waals surface area contributed by atoms with Crippen LogP contribution in [0, 0.1) is 0 Å². The largest absolute Gasteiger partial charge is 0.395 e. The van der Waals surface area contributed by atoms with E-state index in [1.165, 1.54) is 32.4 Å². The highest BCUT2D eigenvalue weighted by Gasteiger charge is 2.35. The third-order valence-corrected chi connectivity index (χ3v) is 6.98. The molecule has 5 rings (SSSR count). The van der Waals surface area contributed by atoms with E-state index in [4.69, 9.17) is 14.6 Å². The number of hydrogen-bond donors (Lipinski definition) is 0. The van der Waals surface area contributed by atoms with Gasteiger partial charge < -0.3 is 19.0 Å². The minimum atomic E-state index is -0.150. The van der Waals surface area contributed by atoms with Crippen LogP contribution in [-0.4, -0.2) is 66.0 Å². The molecule has 190 valence electrons. The van der Waals surface area contributed by atoms with E-state index >= 15 is 0 Å². The number of hydrogen-bond acceptors (Lipinski definition) is 6. The first-order valence-electron chi connectivity index (χ1n) is 13.0. The Morgan fingerprint density at radius 2 is 1.72 bits per heavy atom. The predicted octanol–water partition coefficient (Wildman–Crippen LogP) is 4.22. The Kier molecular flexibility index (Phi) is 7.93. The molecule has 36 heavy (non-hydrogen) atoms. The van der Waals surface area contributed by atoms with Crippen LogP contribution in [0.15, 0.2) is 53.7 Å². The number of nitrogens with zero attached hydrogens (tertiary/aromatic N) is 5. The summed E-state index contributed by atoms with van der Waals surface area (Å²) in [6.45, 7) is 5.67. The average Bonchev–Trinajstić information content (AvgIpc) is 3.39. The quantitative estimate of drug-likeness (QED) is 0.298. The monoisotopic (exact) mass is 489 g/mol. The average molecular weight is 490 g/mol. The van der Waals surface area contributed by atoms with Gasteiger partial charge in [0.2, 0.25) is 0 Å². The van der Waals surface area contributed by atoms with Gasteiger partial charge in [-0.05, 0) is 57.0 Å². The maximum absolute atomic E-state index is 13.5. The molecule has 3 heterocycles. The summed E-state index contributed by atoms with van der Waals surface area (Å²) in [5, 5.41) is 4.31. The van der Waals surface area contributed by atoms with Crippen molar-refractivity contribution in [1.82, 2.24) is 14.5 Å². The number of rotatable bonds is 11. The van der Waals surface area contributed by atoms with Gasteiger partial charge >= 0.3 is 0 Å². The van der Waals surface area contributed by atoms with Crippen LogP contribution in [0.4, 0.5) is 5.69 Å². The van der Waals surface area contributed by atoms with Gasteiger partial charge in [-0.15, -0.1) is 0 Å². The first-order chi connectivity index (χ1) is 17.8. The molecule has 0 aliphatic carbocycles. The maximum Gasteiger partial charge on any atom is 0.281 e. The van der Waals surface area contributed by atoms with Gasteiger partial charge in [-0.1, -0.05) is 41.9 Å². The zero-order valence-corrected chi connectivity index (χ0v) is 21.1. The highest BCUT2D eigenvalue weighted by Crippen LogP contribution is 2.31. The van der Waals surface area contributed by atoms with Crippen LogP contribution >= 0.6 is 0 Å². The second-order valence-corrected chi connectivity index (χ2v) is 9.45. The van der Waals surface area contributed by atoms with Crippen molar-refractivity contribution in [1.29, 1.82) is 0 Å². The summed E-state index contributed by atoms with van der Waals surface area (Å²) in [4.78, 5) is 28.3. The number of amides is 1. The number of piperidine rings is 1. The van der Waals surface area contributed by atoms with Crippen molar-refractivity contribution >= 4 is 28.3 Å². The summed E-state index contributed by atoms with van der Waals surface area (Å²) in [6.07, 6.45) is 5.67. The predicted molar refractivity (Wildman–Crippen MR) is 141 cm³/mol. The van der Waals surface area contributed by atoms with E-state index in [9.17, 15) is 4.79 Å². The van der Waals surface area contributed by atoms with E-state index in [0.717, 1.165) is 54.0 Å². The summed E-state index contributed by atoms with van der Waals surface area (Å²) in [5.74, 6) is 0.696. The van der Waals surface area contributed by atoms with Crippen LogP contribution in [0.2, 0.25) is 0 Å². The van der Waals surface area contributed by atoms with Gasteiger partial charge in [0.15, 0.2) is 5.71 Å². The molecular weight excluding hydrogens is 454 g/mol. The van der Waals surface area contributed by atoms with Crippen LogP contribution in [0.5, 0.6) is 0 Å². The molecule has 0 spiro atoms. The van der Waals surface area contributed by atoms with Crippen LogP contribution in [0.1, 0.15) is 43.5 Å². The zero-order valence-electron chi connectivity index (χ0n) is 21.1. The number of aromatic nitrogens is 2. The minimum Gasteiger partial charge on any atom is -0.395 e. The van der Waals surface area contributed by atoms with Crippen molar-refractivity contribution < 1.29 is 14.4 Å². The Hall–Kier alpha value is -3.23. The summed E-state index contributed by atoms with van der Waals surface area (Å²) in [5.41, 5.74) is 4.00. The van der Waals surface area contributed by atoms with Gasteiger partial charge in [-0.3, -0.25) is 9.69 Å². The van der Waals surface area contributed by atoms with Crippen LogP contribution in [0.25, 0.3) is 11.0 Å². The van der Waals surface area contributed by atoms with E-state index in [1.807, 2.05) is 42.5 Å². The third-order valence-electron chi connectivity index (χ3n) is 6.98. The van der Waals surface area contributed by atoms with Crippen LogP contribution in [-0.2, 0) is 27.5 Å². The Labute approximate surface area is 212 Å². The Morgan fingerprint density at radius 1 is 0.944 bits per heavy atom. The van der Waals surface area contributed by atoms with Gasteiger partial charge in [-0.25, -0.2) is 4.98 Å². The van der Waals surface area contributed by atoms with E-state index in [-0.39, 0.29) is 5.91 Å². The van der Waals surface area contributed by atoms with Crippen molar-refractivity contribution in [3.63, 3.8) is 0 Å². The third kappa shape index (κ3) is 5.29. The lowest BCUT2D eigenvalue weighted by Crippen LogP contribution is -2.31. The summed E-state index contributed by atoms with van der Waals surface area (Å²) in [6, 6.07) is 15.9. The second kappa shape index (κ2) is 11.7. The molecule has 3 aromatic rings. The van der Waals surface area contributed by atoms with E-state index in [1.54, 1.807) is 12.0 Å². The minimum absolute atomic E-state index is 0.150. The molecule has 1 fully saturated rings. The number of benzene rings is 2. The van der Waals surface area contributed by atoms with Crippen LogP contribution in [0.3, 0.4) is 0 Å². The Bertz CT molecular complexity index is 1210. The summed E-state index contributed by atoms with van der Waals surface area (Å²) >= 11 is 0. The highest BCUT2D eigenvalue weighted by molar-refractivity contribution is 6.54. The fourth-order valence-corrected chi connectivity index (χ4v) is 5.16. The first kappa shape index (κ1) is 24.5. The molecule has 0 saturated carbocycles. The van der Waals surface area contributed by atoms with Gasteiger partial charge in [0.1, 0.15) is 12.4 Å². The molecule has 2 aliphatic heterocycles. The molecule has 8 heteroatoms. The normalized spacial score (nSPS) is 17.3. The number of para-hydroxylation sites is 3. The molecule has 1 amide bonds. The number of imidazole rings is 1. The lowest BCUT2D eigenvalue weighted by molar-refractivity contribution is -0.112. The van der Waals surface area contributed by atoms with Crippen molar-refractivity contribution in [3.05, 3.63) is 59.9 Å². The number of carbonyl (C=O) groups excluding carboxylic acids is 1. The smallest absolute Gasteiger partial charge is 0.281 e. The van der Waals surface area contributed by atoms with Crippen molar-refractivity contribution in [2.24, 2.45) is 5.16 Å². The number of methoxy groups -OCH3 is 1. The summed E-state index contributed by atoms with van der Waals surface area (Å²) < 4.78 is 7.45. The molecule has 0 atom stereocenters. The van der Waals surface area contributed by atoms with Crippen molar-refractivity contribution in [2.45, 2.75) is 45.2 Å². The number of oxime groups is 1. The van der Waals surface area contributed by atoms with E-state index < -0.39 is 0 Å². The standard InChI is InChI=1S/C28H35N5O3/c1-35-19-10-18-32-25-14-6-4-12-23(25)29-26(32)21-33-24-13-5-3-11-22(24)27(28(33)34)30-36-20-9-17-31-15-7-2-8-16-31/h3-6,11-14H,2,7-10,15-21H2,1H3/b30-27+. The number of likely N-dealkylation sites (tertiary alicyclic amines) is 1. The molecule has 1 aromatic heterocycles. The van der Waals surface area contributed by atoms with Crippen LogP contribution < -0.4 is 4.90 Å². The molecule has 0 N–H and O–H groups in total. The molecule has 0 radical (unpaired) electrons. The molecule has 2 aromatic carbocycles. The van der Waals surface area contributed by atoms with Gasteiger partial charge in [0, 0.05) is 32.4 Å². The van der Waals surface area contributed by atoms with E-state index in [0.29, 0.717) is 25.5 Å². The molecular formula is C28H35N5O3. The first-order valence-corrected chi connectivity index (χ1v) is 13.0. The zero-order chi connectivity index (χ0) is 24.7. The molecule has 0 bridgehead atoms.